The fraction of sp³-hybridized carbons (Fsp3) is 0.529. The van der Waals surface area contributed by atoms with Gasteiger partial charge in [-0.05, 0) is 62.4 Å². The van der Waals surface area contributed by atoms with Crippen molar-refractivity contribution in [1.82, 2.24) is 15.5 Å². The van der Waals surface area contributed by atoms with Gasteiger partial charge in [-0.2, -0.15) is 4.98 Å². The van der Waals surface area contributed by atoms with E-state index in [4.69, 9.17) is 4.52 Å². The van der Waals surface area contributed by atoms with Gasteiger partial charge in [-0.25, -0.2) is 0 Å². The summed E-state index contributed by atoms with van der Waals surface area (Å²) in [5.74, 6) is 2.27. The second-order valence-corrected chi connectivity index (χ2v) is 6.10. The van der Waals surface area contributed by atoms with Crippen LogP contribution in [0.5, 0.6) is 0 Å². The minimum absolute atomic E-state index is 0.682. The zero-order chi connectivity index (χ0) is 14.7. The van der Waals surface area contributed by atoms with E-state index < -0.39 is 0 Å². The predicted molar refractivity (Wildman–Crippen MR) is 82.3 cm³/mol. The molecule has 0 amide bonds. The smallest absolute Gasteiger partial charge is 0.226 e. The summed E-state index contributed by atoms with van der Waals surface area (Å²) in [7, 11) is 0. The highest BCUT2D eigenvalue weighted by Crippen LogP contribution is 2.18. The molecule has 3 rings (SSSR count). The summed E-state index contributed by atoms with van der Waals surface area (Å²) in [4.78, 5) is 4.55. The SMILES string of the molecule is Cc1ccc(Cc2noc(CC3CCNCC3)n2)cc1C. The monoisotopic (exact) mass is 285 g/mol. The van der Waals surface area contributed by atoms with Gasteiger partial charge in [0.05, 0.1) is 0 Å². The van der Waals surface area contributed by atoms with E-state index in [9.17, 15) is 0 Å². The maximum absolute atomic E-state index is 5.41. The van der Waals surface area contributed by atoms with E-state index in [0.717, 1.165) is 37.6 Å². The second kappa shape index (κ2) is 6.39. The Bertz CT molecular complexity index is 600. The summed E-state index contributed by atoms with van der Waals surface area (Å²) >= 11 is 0. The molecule has 2 heterocycles. The van der Waals surface area contributed by atoms with Crippen molar-refractivity contribution < 1.29 is 4.52 Å². The molecule has 4 nitrogen and oxygen atoms in total. The molecule has 1 N–H and O–H groups in total. The van der Waals surface area contributed by atoms with Gasteiger partial charge in [0.2, 0.25) is 5.89 Å². The number of benzene rings is 1. The van der Waals surface area contributed by atoms with Crippen LogP contribution in [0, 0.1) is 19.8 Å². The number of piperidine rings is 1. The van der Waals surface area contributed by atoms with Gasteiger partial charge in [0.25, 0.3) is 0 Å². The molecule has 1 fully saturated rings. The first-order valence-electron chi connectivity index (χ1n) is 7.79. The Labute approximate surface area is 126 Å². The molecule has 1 saturated heterocycles. The van der Waals surface area contributed by atoms with Gasteiger partial charge in [-0.3, -0.25) is 0 Å². The van der Waals surface area contributed by atoms with Crippen molar-refractivity contribution in [2.75, 3.05) is 13.1 Å². The Balaban J connectivity index is 1.62. The molecule has 0 atom stereocenters. The van der Waals surface area contributed by atoms with Crippen LogP contribution in [-0.2, 0) is 12.8 Å². The summed E-state index contributed by atoms with van der Waals surface area (Å²) in [6, 6.07) is 6.50. The van der Waals surface area contributed by atoms with Gasteiger partial charge in [0, 0.05) is 12.8 Å². The van der Waals surface area contributed by atoms with Gasteiger partial charge in [0.1, 0.15) is 0 Å². The van der Waals surface area contributed by atoms with Crippen molar-refractivity contribution in [2.24, 2.45) is 5.92 Å². The van der Waals surface area contributed by atoms with Crippen molar-refractivity contribution in [3.8, 4) is 0 Å². The first kappa shape index (κ1) is 14.3. The number of rotatable bonds is 4. The lowest BCUT2D eigenvalue weighted by molar-refractivity contribution is 0.312. The Morgan fingerprint density at radius 2 is 2.00 bits per heavy atom. The van der Waals surface area contributed by atoms with Crippen molar-refractivity contribution >= 4 is 0 Å². The highest BCUT2D eigenvalue weighted by atomic mass is 16.5. The summed E-state index contributed by atoms with van der Waals surface area (Å²) < 4.78 is 5.41. The lowest BCUT2D eigenvalue weighted by Gasteiger charge is -2.20. The molecule has 0 bridgehead atoms. The van der Waals surface area contributed by atoms with Crippen LogP contribution in [0.4, 0.5) is 0 Å². The van der Waals surface area contributed by atoms with Gasteiger partial charge in [0.15, 0.2) is 5.82 Å². The first-order valence-corrected chi connectivity index (χ1v) is 7.79. The Hall–Kier alpha value is -1.68. The molecule has 0 aliphatic carbocycles. The highest BCUT2D eigenvalue weighted by molar-refractivity contribution is 5.31. The summed E-state index contributed by atoms with van der Waals surface area (Å²) in [5, 5.41) is 7.51. The van der Waals surface area contributed by atoms with Crippen molar-refractivity contribution in [2.45, 2.75) is 39.5 Å². The minimum Gasteiger partial charge on any atom is -0.339 e. The van der Waals surface area contributed by atoms with E-state index in [0.29, 0.717) is 5.92 Å². The maximum Gasteiger partial charge on any atom is 0.226 e. The number of nitrogens with one attached hydrogen (secondary N) is 1. The Morgan fingerprint density at radius 3 is 2.76 bits per heavy atom. The van der Waals surface area contributed by atoms with Gasteiger partial charge < -0.3 is 9.84 Å². The predicted octanol–water partition coefficient (Wildman–Crippen LogP) is 2.82. The molecule has 1 aromatic carbocycles. The molecule has 21 heavy (non-hydrogen) atoms. The van der Waals surface area contributed by atoms with Crippen molar-refractivity contribution in [3.05, 3.63) is 46.6 Å². The fourth-order valence-electron chi connectivity index (χ4n) is 2.87. The first-order chi connectivity index (χ1) is 10.2. The zero-order valence-corrected chi connectivity index (χ0v) is 12.9. The van der Waals surface area contributed by atoms with Crippen LogP contribution in [0.1, 0.15) is 41.2 Å². The van der Waals surface area contributed by atoms with Crippen molar-refractivity contribution in [1.29, 1.82) is 0 Å². The Kier molecular flexibility index (Phi) is 4.34. The molecule has 1 aromatic heterocycles. The van der Waals surface area contributed by atoms with Crippen LogP contribution in [0.2, 0.25) is 0 Å². The summed E-state index contributed by atoms with van der Waals surface area (Å²) in [6.07, 6.45) is 4.07. The van der Waals surface area contributed by atoms with Crippen LogP contribution < -0.4 is 5.32 Å². The molecule has 112 valence electrons. The molecule has 4 heteroatoms. The number of aromatic nitrogens is 2. The van der Waals surface area contributed by atoms with Crippen LogP contribution in [-0.4, -0.2) is 23.2 Å². The van der Waals surface area contributed by atoms with E-state index in [-0.39, 0.29) is 0 Å². The molecule has 0 unspecified atom stereocenters. The van der Waals surface area contributed by atoms with Crippen LogP contribution in [0.15, 0.2) is 22.7 Å². The van der Waals surface area contributed by atoms with Gasteiger partial charge >= 0.3 is 0 Å². The molecule has 1 aliphatic heterocycles. The lowest BCUT2D eigenvalue weighted by Crippen LogP contribution is -2.28. The Morgan fingerprint density at radius 1 is 1.19 bits per heavy atom. The molecule has 0 radical (unpaired) electrons. The number of aryl methyl sites for hydroxylation is 2. The lowest BCUT2D eigenvalue weighted by atomic mass is 9.95. The van der Waals surface area contributed by atoms with Crippen molar-refractivity contribution in [3.63, 3.8) is 0 Å². The number of hydrogen-bond acceptors (Lipinski definition) is 4. The molecular weight excluding hydrogens is 262 g/mol. The van der Waals surface area contributed by atoms with E-state index in [2.05, 4.69) is 47.5 Å². The third-order valence-electron chi connectivity index (χ3n) is 4.37. The van der Waals surface area contributed by atoms with Gasteiger partial charge in [-0.1, -0.05) is 23.4 Å². The molecule has 2 aromatic rings. The van der Waals surface area contributed by atoms with Crippen LogP contribution in [0.3, 0.4) is 0 Å². The molecule has 0 saturated carbocycles. The summed E-state index contributed by atoms with van der Waals surface area (Å²) in [6.45, 7) is 6.48. The molecule has 1 aliphatic rings. The largest absolute Gasteiger partial charge is 0.339 e. The molecular formula is C17H23N3O. The average molecular weight is 285 g/mol. The van der Waals surface area contributed by atoms with E-state index in [1.165, 1.54) is 29.5 Å². The maximum atomic E-state index is 5.41. The topological polar surface area (TPSA) is 51.0 Å². The number of hydrogen-bond donors (Lipinski definition) is 1. The normalized spacial score (nSPS) is 16.3. The standard InChI is InChI=1S/C17H23N3O/c1-12-3-4-15(9-13(12)2)10-16-19-17(21-20-16)11-14-5-7-18-8-6-14/h3-4,9,14,18H,5-8,10-11H2,1-2H3. The van der Waals surface area contributed by atoms with E-state index >= 15 is 0 Å². The third-order valence-corrected chi connectivity index (χ3v) is 4.37. The second-order valence-electron chi connectivity index (χ2n) is 6.10. The van der Waals surface area contributed by atoms with Crippen LogP contribution in [0.25, 0.3) is 0 Å². The minimum atomic E-state index is 0.682. The molecule has 0 spiro atoms. The zero-order valence-electron chi connectivity index (χ0n) is 12.9. The third kappa shape index (κ3) is 3.70. The highest BCUT2D eigenvalue weighted by Gasteiger charge is 2.17. The fourth-order valence-corrected chi connectivity index (χ4v) is 2.87. The average Bonchev–Trinajstić information content (AvgIpc) is 2.91. The summed E-state index contributed by atoms with van der Waals surface area (Å²) in [5.41, 5.74) is 3.87. The van der Waals surface area contributed by atoms with Gasteiger partial charge in [-0.15, -0.1) is 0 Å². The quantitative estimate of drug-likeness (QED) is 0.938. The van der Waals surface area contributed by atoms with E-state index in [1.54, 1.807) is 0 Å². The van der Waals surface area contributed by atoms with E-state index in [1.807, 2.05) is 0 Å². The number of nitrogens with zero attached hydrogens (tertiary/aromatic N) is 2. The van der Waals surface area contributed by atoms with Crippen LogP contribution >= 0.6 is 0 Å².